The Morgan fingerprint density at radius 1 is 1.00 bits per heavy atom. The molecule has 0 heteroatoms. The maximum absolute atomic E-state index is 2.49. The minimum Gasteiger partial charge on any atom is -0.0628 e. The minimum atomic E-state index is 0.250. The van der Waals surface area contributed by atoms with E-state index < -0.39 is 0 Å². The predicted octanol–water partition coefficient (Wildman–Crippen LogP) is 6.34. The van der Waals surface area contributed by atoms with Crippen LogP contribution in [0.25, 0.3) is 0 Å². The number of hydrogen-bond donors (Lipinski definition) is 0. The highest BCUT2D eigenvalue weighted by Gasteiger charge is 2.40. The molecule has 122 valence electrons. The molecule has 23 heavy (non-hydrogen) atoms. The van der Waals surface area contributed by atoms with Crippen molar-refractivity contribution in [3.05, 3.63) is 70.3 Å². The summed E-state index contributed by atoms with van der Waals surface area (Å²) in [6.45, 7) is 11.6. The molecule has 2 aromatic carbocycles. The zero-order chi connectivity index (χ0) is 16.6. The Morgan fingerprint density at radius 2 is 1.65 bits per heavy atom. The fraction of sp³-hybridized carbons (Fsp3) is 0.478. The zero-order valence-electron chi connectivity index (χ0n) is 15.3. The summed E-state index contributed by atoms with van der Waals surface area (Å²) in [6, 6.07) is 16.4. The lowest BCUT2D eigenvalue weighted by Gasteiger charge is -2.44. The van der Waals surface area contributed by atoms with Crippen LogP contribution in [-0.4, -0.2) is 0 Å². The summed E-state index contributed by atoms with van der Waals surface area (Å²) in [7, 11) is 0. The highest BCUT2D eigenvalue weighted by Crippen LogP contribution is 2.50. The SMILES string of the molecule is Cc1ccc(C2(C)CCc3cc(C)ccc3C2CC(C)C)cc1. The molecule has 2 unspecified atom stereocenters. The largest absolute Gasteiger partial charge is 0.0628 e. The van der Waals surface area contributed by atoms with Crippen LogP contribution in [0.5, 0.6) is 0 Å². The van der Waals surface area contributed by atoms with Gasteiger partial charge < -0.3 is 0 Å². The molecule has 3 rings (SSSR count). The summed E-state index contributed by atoms with van der Waals surface area (Å²) in [5, 5.41) is 0. The lowest BCUT2D eigenvalue weighted by molar-refractivity contribution is 0.288. The highest BCUT2D eigenvalue weighted by atomic mass is 14.4. The van der Waals surface area contributed by atoms with Crippen molar-refractivity contribution in [3.8, 4) is 0 Å². The van der Waals surface area contributed by atoms with Crippen molar-refractivity contribution < 1.29 is 0 Å². The van der Waals surface area contributed by atoms with Gasteiger partial charge >= 0.3 is 0 Å². The van der Waals surface area contributed by atoms with E-state index in [0.717, 1.165) is 5.92 Å². The number of benzene rings is 2. The summed E-state index contributed by atoms with van der Waals surface area (Å²) in [4.78, 5) is 0. The van der Waals surface area contributed by atoms with Crippen LogP contribution in [0.1, 0.15) is 67.3 Å². The first-order valence-electron chi connectivity index (χ1n) is 9.07. The second-order valence-corrected chi connectivity index (χ2v) is 8.17. The Hall–Kier alpha value is -1.56. The Morgan fingerprint density at radius 3 is 2.30 bits per heavy atom. The van der Waals surface area contributed by atoms with Crippen molar-refractivity contribution in [1.29, 1.82) is 0 Å². The van der Waals surface area contributed by atoms with Gasteiger partial charge in [-0.25, -0.2) is 0 Å². The second-order valence-electron chi connectivity index (χ2n) is 8.17. The predicted molar refractivity (Wildman–Crippen MR) is 100 cm³/mol. The van der Waals surface area contributed by atoms with Gasteiger partial charge in [-0.2, -0.15) is 0 Å². The van der Waals surface area contributed by atoms with Gasteiger partial charge in [0.25, 0.3) is 0 Å². The Bertz CT molecular complexity index is 678. The molecule has 0 N–H and O–H groups in total. The molecular weight excluding hydrogens is 276 g/mol. The molecule has 0 fully saturated rings. The third kappa shape index (κ3) is 3.09. The number of hydrogen-bond acceptors (Lipinski definition) is 0. The first kappa shape index (κ1) is 16.3. The van der Waals surface area contributed by atoms with Gasteiger partial charge in [0.15, 0.2) is 0 Å². The van der Waals surface area contributed by atoms with Crippen molar-refractivity contribution in [3.63, 3.8) is 0 Å². The molecule has 0 nitrogen and oxygen atoms in total. The van der Waals surface area contributed by atoms with E-state index in [1.807, 2.05) is 0 Å². The molecule has 0 heterocycles. The van der Waals surface area contributed by atoms with E-state index in [9.17, 15) is 0 Å². The maximum Gasteiger partial charge on any atom is -0.000329 e. The molecule has 0 aliphatic heterocycles. The highest BCUT2D eigenvalue weighted by molar-refractivity contribution is 5.43. The molecule has 2 aromatic rings. The fourth-order valence-electron chi connectivity index (χ4n) is 4.34. The Labute approximate surface area is 141 Å². The van der Waals surface area contributed by atoms with Crippen molar-refractivity contribution in [2.45, 2.75) is 65.2 Å². The summed E-state index contributed by atoms with van der Waals surface area (Å²) in [5.74, 6) is 1.34. The summed E-state index contributed by atoms with van der Waals surface area (Å²) in [6.07, 6.45) is 3.72. The summed E-state index contributed by atoms with van der Waals surface area (Å²) >= 11 is 0. The van der Waals surface area contributed by atoms with Gasteiger partial charge in [-0.1, -0.05) is 74.4 Å². The van der Waals surface area contributed by atoms with Crippen molar-refractivity contribution >= 4 is 0 Å². The van der Waals surface area contributed by atoms with E-state index in [1.54, 1.807) is 11.1 Å². The van der Waals surface area contributed by atoms with E-state index in [-0.39, 0.29) is 5.41 Å². The maximum atomic E-state index is 2.49. The first-order valence-corrected chi connectivity index (χ1v) is 9.07. The van der Waals surface area contributed by atoms with Crippen LogP contribution < -0.4 is 0 Å². The average Bonchev–Trinajstić information content (AvgIpc) is 2.50. The van der Waals surface area contributed by atoms with Crippen LogP contribution in [0, 0.1) is 19.8 Å². The van der Waals surface area contributed by atoms with Crippen molar-refractivity contribution in [1.82, 2.24) is 0 Å². The third-order valence-corrected chi connectivity index (χ3v) is 5.77. The molecule has 1 aliphatic carbocycles. The van der Waals surface area contributed by atoms with Crippen LogP contribution in [0.15, 0.2) is 42.5 Å². The van der Waals surface area contributed by atoms with Gasteiger partial charge in [-0.3, -0.25) is 0 Å². The zero-order valence-corrected chi connectivity index (χ0v) is 15.3. The standard InChI is InChI=1S/C23H30/c1-16(2)14-22-21-11-8-18(4)15-19(21)12-13-23(22,5)20-9-6-17(3)7-10-20/h6-11,15-16,22H,12-14H2,1-5H3. The Kier molecular flexibility index (Phi) is 4.36. The molecule has 1 aliphatic rings. The molecule has 2 atom stereocenters. The molecule has 0 amide bonds. The van der Waals surface area contributed by atoms with E-state index >= 15 is 0 Å². The number of fused-ring (bicyclic) bond motifs is 1. The summed E-state index contributed by atoms with van der Waals surface area (Å²) < 4.78 is 0. The molecule has 0 spiro atoms. The van der Waals surface area contributed by atoms with Crippen molar-refractivity contribution in [2.75, 3.05) is 0 Å². The van der Waals surface area contributed by atoms with E-state index in [4.69, 9.17) is 0 Å². The minimum absolute atomic E-state index is 0.250. The average molecular weight is 306 g/mol. The van der Waals surface area contributed by atoms with Gasteiger partial charge in [0, 0.05) is 0 Å². The monoisotopic (exact) mass is 306 g/mol. The first-order chi connectivity index (χ1) is 10.9. The summed E-state index contributed by atoms with van der Waals surface area (Å²) in [5.41, 5.74) is 7.69. The van der Waals surface area contributed by atoms with Crippen LogP contribution in [-0.2, 0) is 11.8 Å². The lowest BCUT2D eigenvalue weighted by Crippen LogP contribution is -2.36. The van der Waals surface area contributed by atoms with Crippen LogP contribution in [0.3, 0.4) is 0 Å². The van der Waals surface area contributed by atoms with Crippen LogP contribution in [0.2, 0.25) is 0 Å². The lowest BCUT2D eigenvalue weighted by atomic mass is 9.59. The fourth-order valence-corrected chi connectivity index (χ4v) is 4.34. The van der Waals surface area contributed by atoms with Gasteiger partial charge in [0.2, 0.25) is 0 Å². The third-order valence-electron chi connectivity index (χ3n) is 5.77. The van der Waals surface area contributed by atoms with Crippen LogP contribution in [0.4, 0.5) is 0 Å². The molecule has 0 bridgehead atoms. The smallest absolute Gasteiger partial charge is 0.000329 e. The van der Waals surface area contributed by atoms with Crippen LogP contribution >= 0.6 is 0 Å². The molecule has 0 saturated carbocycles. The number of rotatable bonds is 3. The molecule has 0 radical (unpaired) electrons. The van der Waals surface area contributed by atoms with E-state index in [1.165, 1.54) is 36.0 Å². The van der Waals surface area contributed by atoms with Gasteiger partial charge in [-0.05, 0) is 67.1 Å². The van der Waals surface area contributed by atoms with Gasteiger partial charge in [0.05, 0.1) is 0 Å². The molecule has 0 saturated heterocycles. The number of aryl methyl sites for hydroxylation is 3. The quantitative estimate of drug-likeness (QED) is 0.621. The second kappa shape index (κ2) is 6.15. The Balaban J connectivity index is 2.09. The van der Waals surface area contributed by atoms with E-state index in [2.05, 4.69) is 77.1 Å². The van der Waals surface area contributed by atoms with Gasteiger partial charge in [-0.15, -0.1) is 0 Å². The van der Waals surface area contributed by atoms with Gasteiger partial charge in [0.1, 0.15) is 0 Å². The normalized spacial score (nSPS) is 23.8. The van der Waals surface area contributed by atoms with Crippen molar-refractivity contribution in [2.24, 2.45) is 5.92 Å². The topological polar surface area (TPSA) is 0 Å². The molecular formula is C23H30. The molecule has 0 aromatic heterocycles. The van der Waals surface area contributed by atoms with E-state index in [0.29, 0.717) is 5.92 Å².